The number of ether oxygens (including phenoxy) is 1. The molecule has 0 saturated carbocycles. The van der Waals surface area contributed by atoms with Gasteiger partial charge in [-0.15, -0.1) is 0 Å². The smallest absolute Gasteiger partial charge is 0.243 e. The summed E-state index contributed by atoms with van der Waals surface area (Å²) >= 11 is 0. The molecule has 1 aromatic heterocycles. The lowest BCUT2D eigenvalue weighted by molar-refractivity contribution is -0.143. The second-order valence-corrected chi connectivity index (χ2v) is 9.41. The Bertz CT molecular complexity index is 913. The van der Waals surface area contributed by atoms with E-state index in [1.807, 2.05) is 62.9 Å². The van der Waals surface area contributed by atoms with Crippen LogP contribution in [-0.2, 0) is 16.1 Å². The fraction of sp³-hybridized carbons (Fsp3) is 0.520. The summed E-state index contributed by atoms with van der Waals surface area (Å²) in [5, 5.41) is 0. The number of amides is 2. The number of methoxy groups -OCH3 is 1. The Balaban J connectivity index is 1.90. The Morgan fingerprint density at radius 3 is 2.55 bits per heavy atom. The van der Waals surface area contributed by atoms with E-state index in [-0.39, 0.29) is 29.8 Å². The molecule has 0 radical (unpaired) electrons. The molecule has 0 spiro atoms. The molecule has 168 valence electrons. The number of benzene rings is 1. The maximum absolute atomic E-state index is 13.6. The fourth-order valence-electron chi connectivity index (χ4n) is 4.25. The van der Waals surface area contributed by atoms with Crippen molar-refractivity contribution in [1.29, 1.82) is 0 Å². The first-order chi connectivity index (χ1) is 14.7. The SMILES string of the molecule is CCCN(CC(=O)N1CCn2cccc2C1c1ccccc1OC)C(=O)CC(C)(C)C. The Morgan fingerprint density at radius 2 is 1.87 bits per heavy atom. The maximum atomic E-state index is 13.6. The van der Waals surface area contributed by atoms with Gasteiger partial charge in [0.1, 0.15) is 11.8 Å². The molecule has 2 heterocycles. The summed E-state index contributed by atoms with van der Waals surface area (Å²) in [6, 6.07) is 11.7. The molecule has 31 heavy (non-hydrogen) atoms. The van der Waals surface area contributed by atoms with Gasteiger partial charge in [-0.25, -0.2) is 0 Å². The van der Waals surface area contributed by atoms with Gasteiger partial charge >= 0.3 is 0 Å². The lowest BCUT2D eigenvalue weighted by Gasteiger charge is -2.39. The highest BCUT2D eigenvalue weighted by Gasteiger charge is 2.35. The van der Waals surface area contributed by atoms with Crippen molar-refractivity contribution in [3.8, 4) is 5.75 Å². The van der Waals surface area contributed by atoms with Crippen molar-refractivity contribution in [1.82, 2.24) is 14.4 Å². The highest BCUT2D eigenvalue weighted by atomic mass is 16.5. The molecule has 0 aliphatic carbocycles. The van der Waals surface area contributed by atoms with Gasteiger partial charge in [-0.3, -0.25) is 9.59 Å². The third-order valence-corrected chi connectivity index (χ3v) is 5.65. The number of hydrogen-bond donors (Lipinski definition) is 0. The molecular formula is C25H35N3O3. The van der Waals surface area contributed by atoms with Gasteiger partial charge < -0.3 is 19.1 Å². The molecule has 1 unspecified atom stereocenters. The Hall–Kier alpha value is -2.76. The van der Waals surface area contributed by atoms with E-state index in [9.17, 15) is 9.59 Å². The van der Waals surface area contributed by atoms with Gasteiger partial charge in [0.2, 0.25) is 11.8 Å². The van der Waals surface area contributed by atoms with Gasteiger partial charge in [0.05, 0.1) is 13.7 Å². The maximum Gasteiger partial charge on any atom is 0.243 e. The number of nitrogens with zero attached hydrogens (tertiary/aromatic N) is 3. The molecular weight excluding hydrogens is 390 g/mol. The summed E-state index contributed by atoms with van der Waals surface area (Å²) < 4.78 is 7.81. The van der Waals surface area contributed by atoms with Crippen molar-refractivity contribution >= 4 is 11.8 Å². The van der Waals surface area contributed by atoms with Crippen LogP contribution in [0.5, 0.6) is 5.75 Å². The normalized spacial score (nSPS) is 16.0. The average molecular weight is 426 g/mol. The van der Waals surface area contributed by atoms with E-state index in [1.54, 1.807) is 12.0 Å². The second kappa shape index (κ2) is 9.58. The van der Waals surface area contributed by atoms with Crippen LogP contribution in [0.3, 0.4) is 0 Å². The zero-order valence-corrected chi connectivity index (χ0v) is 19.4. The first-order valence-corrected chi connectivity index (χ1v) is 11.1. The zero-order chi connectivity index (χ0) is 22.6. The van der Waals surface area contributed by atoms with Crippen LogP contribution in [0.1, 0.15) is 57.8 Å². The lowest BCUT2D eigenvalue weighted by atomic mass is 9.91. The van der Waals surface area contributed by atoms with E-state index in [4.69, 9.17) is 4.74 Å². The standard InChI is InChI=1S/C25H35N3O3/c1-6-13-27(22(29)17-25(2,3)4)18-23(30)28-16-15-26-14-9-11-20(26)24(28)19-10-7-8-12-21(19)31-5/h7-12,14,24H,6,13,15-18H2,1-5H3. The van der Waals surface area contributed by atoms with Crippen molar-refractivity contribution in [2.75, 3.05) is 26.7 Å². The summed E-state index contributed by atoms with van der Waals surface area (Å²) in [7, 11) is 1.65. The number of carbonyl (C=O) groups is 2. The van der Waals surface area contributed by atoms with Crippen LogP contribution in [-0.4, -0.2) is 52.9 Å². The lowest BCUT2D eigenvalue weighted by Crippen LogP contribution is -2.48. The molecule has 2 amide bonds. The number of fused-ring (bicyclic) bond motifs is 1. The van der Waals surface area contributed by atoms with Crippen molar-refractivity contribution in [3.05, 3.63) is 53.9 Å². The second-order valence-electron chi connectivity index (χ2n) is 9.41. The number of para-hydroxylation sites is 1. The van der Waals surface area contributed by atoms with Crippen LogP contribution in [0.25, 0.3) is 0 Å². The van der Waals surface area contributed by atoms with Gasteiger partial charge in [0.15, 0.2) is 0 Å². The monoisotopic (exact) mass is 425 g/mol. The molecule has 2 aromatic rings. The van der Waals surface area contributed by atoms with Crippen LogP contribution >= 0.6 is 0 Å². The Labute approximate surface area is 185 Å². The van der Waals surface area contributed by atoms with Crippen molar-refractivity contribution in [2.45, 2.75) is 53.1 Å². The summed E-state index contributed by atoms with van der Waals surface area (Å²) in [6.07, 6.45) is 3.30. The van der Waals surface area contributed by atoms with Gasteiger partial charge in [0, 0.05) is 43.5 Å². The van der Waals surface area contributed by atoms with E-state index in [0.29, 0.717) is 19.5 Å². The zero-order valence-electron chi connectivity index (χ0n) is 19.4. The third-order valence-electron chi connectivity index (χ3n) is 5.65. The van der Waals surface area contributed by atoms with Crippen LogP contribution in [0.15, 0.2) is 42.6 Å². The summed E-state index contributed by atoms with van der Waals surface area (Å²) in [6.45, 7) is 10.2. The largest absolute Gasteiger partial charge is 0.496 e. The minimum Gasteiger partial charge on any atom is -0.496 e. The van der Waals surface area contributed by atoms with E-state index in [2.05, 4.69) is 16.8 Å². The predicted octanol–water partition coefficient (Wildman–Crippen LogP) is 4.10. The molecule has 1 aliphatic rings. The first-order valence-electron chi connectivity index (χ1n) is 11.1. The summed E-state index contributed by atoms with van der Waals surface area (Å²) in [4.78, 5) is 30.1. The van der Waals surface area contributed by atoms with E-state index < -0.39 is 0 Å². The van der Waals surface area contributed by atoms with Crippen molar-refractivity contribution in [2.24, 2.45) is 5.41 Å². The van der Waals surface area contributed by atoms with E-state index in [1.165, 1.54) is 0 Å². The van der Waals surface area contributed by atoms with Crippen LogP contribution in [0, 0.1) is 5.41 Å². The Morgan fingerprint density at radius 1 is 1.13 bits per heavy atom. The highest BCUT2D eigenvalue weighted by Crippen LogP contribution is 2.37. The van der Waals surface area contributed by atoms with Crippen molar-refractivity contribution < 1.29 is 14.3 Å². The number of rotatable bonds is 7. The van der Waals surface area contributed by atoms with Gasteiger partial charge in [-0.05, 0) is 30.0 Å². The van der Waals surface area contributed by atoms with Crippen molar-refractivity contribution in [3.63, 3.8) is 0 Å². The quantitative estimate of drug-likeness (QED) is 0.671. The minimum atomic E-state index is -0.242. The van der Waals surface area contributed by atoms with Gasteiger partial charge in [0.25, 0.3) is 0 Å². The molecule has 0 fully saturated rings. The number of aromatic nitrogens is 1. The van der Waals surface area contributed by atoms with E-state index in [0.717, 1.165) is 30.0 Å². The molecule has 0 N–H and O–H groups in total. The average Bonchev–Trinajstić information content (AvgIpc) is 3.20. The van der Waals surface area contributed by atoms with Gasteiger partial charge in [-0.1, -0.05) is 45.9 Å². The molecule has 1 aliphatic heterocycles. The topological polar surface area (TPSA) is 54.8 Å². The number of carbonyl (C=O) groups excluding carboxylic acids is 2. The summed E-state index contributed by atoms with van der Waals surface area (Å²) in [5.74, 6) is 0.769. The van der Waals surface area contributed by atoms with Crippen LogP contribution < -0.4 is 4.74 Å². The van der Waals surface area contributed by atoms with Gasteiger partial charge in [-0.2, -0.15) is 0 Å². The van der Waals surface area contributed by atoms with E-state index >= 15 is 0 Å². The molecule has 0 bridgehead atoms. The molecule has 6 nitrogen and oxygen atoms in total. The third kappa shape index (κ3) is 5.30. The molecule has 1 atom stereocenters. The molecule has 1 aromatic carbocycles. The fourth-order valence-corrected chi connectivity index (χ4v) is 4.25. The highest BCUT2D eigenvalue weighted by molar-refractivity contribution is 5.85. The predicted molar refractivity (Wildman–Crippen MR) is 122 cm³/mol. The number of hydrogen-bond acceptors (Lipinski definition) is 3. The van der Waals surface area contributed by atoms with Crippen LogP contribution in [0.2, 0.25) is 0 Å². The van der Waals surface area contributed by atoms with Crippen LogP contribution in [0.4, 0.5) is 0 Å². The molecule has 3 rings (SSSR count). The minimum absolute atomic E-state index is 0.0286. The summed E-state index contributed by atoms with van der Waals surface area (Å²) in [5.41, 5.74) is 1.91. The Kier molecular flexibility index (Phi) is 7.08. The molecule has 6 heteroatoms. The molecule has 0 saturated heterocycles. The first kappa shape index (κ1) is 22.9.